The molecule has 0 fully saturated rings. The maximum Gasteiger partial charge on any atom is 0.129 e. The number of ether oxygens (including phenoxy) is 6. The number of hydrogen-bond acceptors (Lipinski definition) is 19. The van der Waals surface area contributed by atoms with Gasteiger partial charge < -0.3 is 106 Å². The van der Waals surface area contributed by atoms with Crippen LogP contribution in [0, 0.1) is 26.0 Å². The molecule has 0 saturated carbocycles. The predicted molar refractivity (Wildman–Crippen MR) is 408 cm³/mol. The molecule has 0 aliphatic rings. The Balaban J connectivity index is 6.40. The van der Waals surface area contributed by atoms with E-state index in [1.165, 1.54) is 0 Å². The molecule has 0 aromatic rings. The van der Waals surface area contributed by atoms with Crippen molar-refractivity contribution in [2.45, 2.75) is 73.1 Å². The lowest BCUT2D eigenvalue weighted by Gasteiger charge is -2.50. The number of hydroxylamine groups is 15. The molecule has 0 bridgehead atoms. The first kappa shape index (κ1) is 97.9. The maximum atomic E-state index is 15.4. The first-order chi connectivity index (χ1) is 46.5. The topological polar surface area (TPSA) is 214 Å². The second-order valence-electron chi connectivity index (χ2n) is 31.8. The van der Waals surface area contributed by atoms with Crippen molar-refractivity contribution in [1.29, 1.82) is 0 Å². The minimum atomic E-state index is -0.597. The summed E-state index contributed by atoms with van der Waals surface area (Å²) < 4.78 is 33.6. The van der Waals surface area contributed by atoms with Gasteiger partial charge in [0.1, 0.15) is 39.3 Å². The molecule has 1 N–H and O–H groups in total. The van der Waals surface area contributed by atoms with Gasteiger partial charge in [0.2, 0.25) is 0 Å². The molecule has 27 nitrogen and oxygen atoms in total. The molecule has 99 heavy (non-hydrogen) atoms. The number of hydrogen-bond donors (Lipinski definition) is 1. The lowest BCUT2D eigenvalue weighted by molar-refractivity contribution is -0.962. The van der Waals surface area contributed by atoms with Crippen molar-refractivity contribution in [1.82, 2.24) is 34.3 Å². The highest BCUT2D eigenvalue weighted by Crippen LogP contribution is 2.16. The highest BCUT2D eigenvalue weighted by Gasteiger charge is 2.30. The molecular formula is C72H164N15O12+3. The van der Waals surface area contributed by atoms with Gasteiger partial charge in [0.15, 0.2) is 0 Å². The van der Waals surface area contributed by atoms with Crippen LogP contribution in [0.4, 0.5) is 0 Å². The highest BCUT2D eigenvalue weighted by molar-refractivity contribution is 4.69. The Bertz CT molecular complexity index is 1870. The Morgan fingerprint density at radius 3 is 1.07 bits per heavy atom. The number of unbranched alkanes of at least 4 members (excludes halogenated alkanes) is 1. The Morgan fingerprint density at radius 2 is 0.626 bits per heavy atom. The van der Waals surface area contributed by atoms with Gasteiger partial charge in [-0.15, -0.1) is 0 Å². The van der Waals surface area contributed by atoms with E-state index >= 15 is 5.21 Å². The van der Waals surface area contributed by atoms with Crippen molar-refractivity contribution < 1.29 is 70.2 Å². The third-order valence-corrected chi connectivity index (χ3v) is 19.5. The molecule has 27 heteroatoms. The zero-order valence-electron chi connectivity index (χ0n) is 68.1. The summed E-state index contributed by atoms with van der Waals surface area (Å²) in [4.78, 5) is 16.8. The van der Waals surface area contributed by atoms with Crippen molar-refractivity contribution in [2.75, 3.05) is 407 Å². The van der Waals surface area contributed by atoms with Crippen LogP contribution < -0.4 is 0 Å². The van der Waals surface area contributed by atoms with Crippen LogP contribution in [0.1, 0.15) is 73.1 Å². The molecule has 0 amide bonds. The van der Waals surface area contributed by atoms with Gasteiger partial charge in [0.05, 0.1) is 228 Å². The van der Waals surface area contributed by atoms with E-state index in [1.54, 1.807) is 35.2 Å². The molecule has 0 aliphatic carbocycles. The third kappa shape index (κ3) is 57.8. The first-order valence-electron chi connectivity index (χ1n) is 38.7. The molecule has 0 aliphatic heterocycles. The van der Waals surface area contributed by atoms with E-state index in [0.717, 1.165) is 189 Å². The number of likely N-dealkylation sites (N-methyl/N-ethyl adjacent to an activating group) is 10. The van der Waals surface area contributed by atoms with Gasteiger partial charge >= 0.3 is 0 Å². The molecule has 0 saturated heterocycles. The Hall–Kier alpha value is -1.08. The summed E-state index contributed by atoms with van der Waals surface area (Å²) in [5.41, 5.74) is 0. The molecule has 596 valence electrons. The van der Waals surface area contributed by atoms with Gasteiger partial charge in [0.25, 0.3) is 0 Å². The van der Waals surface area contributed by atoms with E-state index in [2.05, 4.69) is 132 Å². The zero-order chi connectivity index (χ0) is 74.8. The fourth-order valence-electron chi connectivity index (χ4n) is 11.8. The number of aliphatic hydroxyl groups is 1. The maximum absolute atomic E-state index is 15.4. The van der Waals surface area contributed by atoms with Crippen LogP contribution in [0.5, 0.6) is 0 Å². The quantitative estimate of drug-likeness (QED) is 0.0525. The summed E-state index contributed by atoms with van der Waals surface area (Å²) in [6.45, 7) is 40.7. The van der Waals surface area contributed by atoms with Crippen LogP contribution in [0.25, 0.3) is 0 Å². The molecule has 5 atom stereocenters. The fourth-order valence-corrected chi connectivity index (χ4v) is 11.8. The largest absolute Gasteiger partial charge is 0.633 e. The van der Waals surface area contributed by atoms with Crippen molar-refractivity contribution in [3.05, 3.63) is 26.0 Å². The van der Waals surface area contributed by atoms with Crippen molar-refractivity contribution >= 4 is 0 Å². The second-order valence-corrected chi connectivity index (χ2v) is 31.8. The van der Waals surface area contributed by atoms with E-state index in [1.807, 2.05) is 0 Å². The lowest BCUT2D eigenvalue weighted by atomic mass is 10.2. The van der Waals surface area contributed by atoms with Crippen molar-refractivity contribution in [2.24, 2.45) is 0 Å². The molecule has 0 spiro atoms. The Labute approximate surface area is 608 Å². The second kappa shape index (κ2) is 55.4. The number of quaternary nitrogens is 8. The van der Waals surface area contributed by atoms with Crippen LogP contribution in [0.2, 0.25) is 0 Å². The van der Waals surface area contributed by atoms with Gasteiger partial charge in [-0.1, -0.05) is 41.0 Å². The van der Waals surface area contributed by atoms with Crippen LogP contribution >= 0.6 is 0 Å². The average molecular weight is 1430 g/mol. The Kier molecular flexibility index (Phi) is 54.8. The van der Waals surface area contributed by atoms with E-state index in [0.29, 0.717) is 125 Å². The molecule has 0 rings (SSSR count). The van der Waals surface area contributed by atoms with Crippen LogP contribution in [-0.4, -0.2) is 483 Å². The number of nitrogens with zero attached hydrogens (tertiary/aromatic N) is 15. The smallest absolute Gasteiger partial charge is 0.129 e. The van der Waals surface area contributed by atoms with Crippen molar-refractivity contribution in [3.8, 4) is 0 Å². The van der Waals surface area contributed by atoms with Crippen LogP contribution in [0.15, 0.2) is 0 Å². The summed E-state index contributed by atoms with van der Waals surface area (Å²) in [7, 11) is 28.6. The fraction of sp³-hybridized carbons (Fsp3) is 1.00. The van der Waals surface area contributed by atoms with Crippen LogP contribution in [-0.2, 0) is 28.4 Å². The average Bonchev–Trinajstić information content (AvgIpc) is 0.863. The SMILES string of the molecule is CCCC[N+](C)([O-])CCN(CCN(CC[N+](C)(C)CCN(C)CC[N+](C)(C)[O-])CC[N+](C)(CCC)CCN(CCC)CCN(C)C)CC[N+](C)([O-])CC[N+]([O-])(CCN(CCC)CCN(C)CCOCCOCCOCCOCCOCCOCCO)CC[N+](C)([O-])CC[N+](C)(C)CCC. The molecule has 0 aromatic heterocycles. The van der Waals surface area contributed by atoms with E-state index in [9.17, 15) is 20.8 Å². The summed E-state index contributed by atoms with van der Waals surface area (Å²) in [5, 5.41) is 79.7. The number of aliphatic hydroxyl groups excluding tert-OH is 1. The first-order valence-corrected chi connectivity index (χ1v) is 38.7. The van der Waals surface area contributed by atoms with E-state index in [4.69, 9.17) is 33.5 Å². The predicted octanol–water partition coefficient (Wildman–Crippen LogP) is 3.47. The van der Waals surface area contributed by atoms with Crippen LogP contribution in [0.3, 0.4) is 0 Å². The summed E-state index contributed by atoms with van der Waals surface area (Å²) >= 11 is 0. The minimum absolute atomic E-state index is 0.00747. The molecule has 0 aromatic carbocycles. The van der Waals surface area contributed by atoms with Gasteiger partial charge in [-0.3, -0.25) is 24.5 Å². The molecule has 0 radical (unpaired) electrons. The van der Waals surface area contributed by atoms with E-state index in [-0.39, 0.29) is 55.2 Å². The van der Waals surface area contributed by atoms with Gasteiger partial charge in [-0.05, 0) is 73.4 Å². The molecule has 5 unspecified atom stereocenters. The van der Waals surface area contributed by atoms with Gasteiger partial charge in [-0.25, -0.2) is 0 Å². The highest BCUT2D eigenvalue weighted by atomic mass is 16.6. The molecular weight excluding hydrogens is 1270 g/mol. The molecule has 0 heterocycles. The van der Waals surface area contributed by atoms with Gasteiger partial charge in [0, 0.05) is 98.2 Å². The van der Waals surface area contributed by atoms with Crippen molar-refractivity contribution in [3.63, 3.8) is 0 Å². The normalized spacial score (nSPS) is 16.1. The minimum Gasteiger partial charge on any atom is -0.633 e. The lowest BCUT2D eigenvalue weighted by Crippen LogP contribution is -2.59. The third-order valence-electron chi connectivity index (χ3n) is 19.5. The zero-order valence-corrected chi connectivity index (χ0v) is 68.1. The van der Waals surface area contributed by atoms with E-state index < -0.39 is 13.9 Å². The summed E-state index contributed by atoms with van der Waals surface area (Å²) in [6.07, 6.45) is 6.03. The summed E-state index contributed by atoms with van der Waals surface area (Å²) in [5.74, 6) is 0. The summed E-state index contributed by atoms with van der Waals surface area (Å²) in [6, 6.07) is 0. The van der Waals surface area contributed by atoms with Gasteiger partial charge in [-0.2, -0.15) is 0 Å². The monoisotopic (exact) mass is 1430 g/mol. The number of rotatable bonds is 73. The standard InChI is InChI=1S/C72H164N15O12/c1-20-25-45-84(17,90)51-39-79(33-32-78(36-47-81(12,13)46-34-75(9)35-48-82(14,15)89)38-50-83(16,44-24-5)49-37-76(26-21-2)30-28-73(6)7)40-52-85(18,91)56-58-87(93,59-57-86(19,92)55-54-80(10,11)43-23-4)53-41-77(27-22-3)31-29-74(8)42-61-94-63-65-96-67-69-98-71-72-99-70-68-97-66-64-95-62-60-88/h88H,20-72H2,1-19H3/q+3. The Morgan fingerprint density at radius 1 is 0.273 bits per heavy atom.